The minimum absolute atomic E-state index is 0.0310. The van der Waals surface area contributed by atoms with Crippen molar-refractivity contribution in [3.8, 4) is 5.75 Å². The van der Waals surface area contributed by atoms with Crippen LogP contribution in [-0.4, -0.2) is 19.1 Å². The molecule has 0 radical (unpaired) electrons. The van der Waals surface area contributed by atoms with Gasteiger partial charge in [0.2, 0.25) is 0 Å². The minimum atomic E-state index is -4.44. The molecule has 1 amide bonds. The van der Waals surface area contributed by atoms with E-state index in [4.69, 9.17) is 4.74 Å². The number of rotatable bonds is 3. The molecule has 3 rings (SSSR count). The first-order valence-corrected chi connectivity index (χ1v) is 7.63. The lowest BCUT2D eigenvalue weighted by molar-refractivity contribution is -0.137. The number of para-hydroxylation sites is 1. The molecule has 0 spiro atoms. The molecule has 0 atom stereocenters. The summed E-state index contributed by atoms with van der Waals surface area (Å²) in [5.41, 5.74) is 1.15. The second-order valence-corrected chi connectivity index (χ2v) is 5.59. The standard InChI is InChI=1S/C18H16F3NO2/c19-18(20,21)14-7-3-8-15(11-14)24-12-17(23)22-10-4-6-13-5-1-2-9-16(13)22/h1-3,5,7-9,11H,4,6,10,12H2. The van der Waals surface area contributed by atoms with Gasteiger partial charge in [0.05, 0.1) is 5.56 Å². The van der Waals surface area contributed by atoms with Gasteiger partial charge in [-0.25, -0.2) is 0 Å². The van der Waals surface area contributed by atoms with E-state index in [0.717, 1.165) is 36.2 Å². The number of hydrogen-bond donors (Lipinski definition) is 0. The molecule has 0 aliphatic carbocycles. The third kappa shape index (κ3) is 3.53. The van der Waals surface area contributed by atoms with Crippen LogP contribution >= 0.6 is 0 Å². The van der Waals surface area contributed by atoms with Gasteiger partial charge in [-0.15, -0.1) is 0 Å². The van der Waals surface area contributed by atoms with Crippen molar-refractivity contribution in [2.24, 2.45) is 0 Å². The number of anilines is 1. The Bertz CT molecular complexity index is 743. The Labute approximate surface area is 137 Å². The van der Waals surface area contributed by atoms with Crippen molar-refractivity contribution in [2.75, 3.05) is 18.1 Å². The predicted molar refractivity (Wildman–Crippen MR) is 84.1 cm³/mol. The predicted octanol–water partition coefficient (Wildman–Crippen LogP) is 4.06. The number of carbonyl (C=O) groups excluding carboxylic acids is 1. The first kappa shape index (κ1) is 16.4. The van der Waals surface area contributed by atoms with Gasteiger partial charge in [0.25, 0.3) is 5.91 Å². The summed E-state index contributed by atoms with van der Waals surface area (Å²) in [7, 11) is 0. The molecule has 0 N–H and O–H groups in total. The van der Waals surface area contributed by atoms with E-state index < -0.39 is 11.7 Å². The van der Waals surface area contributed by atoms with Crippen LogP contribution in [0.25, 0.3) is 0 Å². The number of aryl methyl sites for hydroxylation is 1. The van der Waals surface area contributed by atoms with Crippen molar-refractivity contribution in [3.05, 3.63) is 59.7 Å². The Morgan fingerprint density at radius 2 is 1.92 bits per heavy atom. The molecule has 2 aromatic carbocycles. The molecule has 0 unspecified atom stereocenters. The van der Waals surface area contributed by atoms with Crippen LogP contribution in [0.5, 0.6) is 5.75 Å². The van der Waals surface area contributed by atoms with Crippen molar-refractivity contribution in [3.63, 3.8) is 0 Å². The Kier molecular flexibility index (Phi) is 4.46. The molecule has 0 saturated carbocycles. The number of amides is 1. The van der Waals surface area contributed by atoms with Gasteiger partial charge in [-0.3, -0.25) is 4.79 Å². The van der Waals surface area contributed by atoms with Crippen molar-refractivity contribution in [1.29, 1.82) is 0 Å². The molecule has 0 fully saturated rings. The van der Waals surface area contributed by atoms with E-state index in [1.165, 1.54) is 12.1 Å². The number of hydrogen-bond acceptors (Lipinski definition) is 2. The molecule has 1 aliphatic rings. The molecule has 1 aliphatic heterocycles. The van der Waals surface area contributed by atoms with Gasteiger partial charge in [0.15, 0.2) is 6.61 Å². The number of halogens is 3. The average molecular weight is 335 g/mol. The van der Waals surface area contributed by atoms with E-state index in [2.05, 4.69) is 0 Å². The maximum absolute atomic E-state index is 12.7. The number of carbonyl (C=O) groups is 1. The van der Waals surface area contributed by atoms with Crippen molar-refractivity contribution >= 4 is 11.6 Å². The van der Waals surface area contributed by atoms with E-state index >= 15 is 0 Å². The van der Waals surface area contributed by atoms with Crippen LogP contribution in [0.15, 0.2) is 48.5 Å². The number of nitrogens with zero attached hydrogens (tertiary/aromatic N) is 1. The van der Waals surface area contributed by atoms with Gasteiger partial charge in [-0.2, -0.15) is 13.2 Å². The summed E-state index contributed by atoms with van der Waals surface area (Å²) in [5, 5.41) is 0. The number of benzene rings is 2. The van der Waals surface area contributed by atoms with Crippen LogP contribution in [0.2, 0.25) is 0 Å². The zero-order chi connectivity index (χ0) is 17.2. The molecule has 6 heteroatoms. The van der Waals surface area contributed by atoms with Crippen molar-refractivity contribution in [1.82, 2.24) is 0 Å². The molecule has 0 saturated heterocycles. The summed E-state index contributed by atoms with van der Waals surface area (Å²) in [4.78, 5) is 14.0. The van der Waals surface area contributed by atoms with E-state index in [-0.39, 0.29) is 18.3 Å². The van der Waals surface area contributed by atoms with Crippen LogP contribution < -0.4 is 9.64 Å². The summed E-state index contributed by atoms with van der Waals surface area (Å²) >= 11 is 0. The third-order valence-corrected chi connectivity index (χ3v) is 3.93. The molecular formula is C18H16F3NO2. The lowest BCUT2D eigenvalue weighted by atomic mass is 10.0. The largest absolute Gasteiger partial charge is 0.484 e. The molecular weight excluding hydrogens is 319 g/mol. The highest BCUT2D eigenvalue weighted by molar-refractivity contribution is 5.95. The van der Waals surface area contributed by atoms with Crippen LogP contribution in [0.3, 0.4) is 0 Å². The second kappa shape index (κ2) is 6.55. The minimum Gasteiger partial charge on any atom is -0.484 e. The number of fused-ring (bicyclic) bond motifs is 1. The van der Waals surface area contributed by atoms with Gasteiger partial charge in [-0.1, -0.05) is 24.3 Å². The highest BCUT2D eigenvalue weighted by atomic mass is 19.4. The summed E-state index contributed by atoms with van der Waals surface area (Å²) < 4.78 is 43.4. The Balaban J connectivity index is 1.69. The van der Waals surface area contributed by atoms with Gasteiger partial charge in [0.1, 0.15) is 5.75 Å². The van der Waals surface area contributed by atoms with E-state index in [1.54, 1.807) is 4.90 Å². The first-order chi connectivity index (χ1) is 11.4. The molecule has 2 aromatic rings. The van der Waals surface area contributed by atoms with Gasteiger partial charge in [0, 0.05) is 12.2 Å². The zero-order valence-corrected chi connectivity index (χ0v) is 12.8. The maximum atomic E-state index is 12.7. The summed E-state index contributed by atoms with van der Waals surface area (Å²) in [6.07, 6.45) is -2.67. The van der Waals surface area contributed by atoms with Gasteiger partial charge in [-0.05, 0) is 42.7 Å². The normalized spacial score (nSPS) is 14.2. The van der Waals surface area contributed by atoms with Crippen LogP contribution in [0, 0.1) is 0 Å². The van der Waals surface area contributed by atoms with Gasteiger partial charge < -0.3 is 9.64 Å². The lowest BCUT2D eigenvalue weighted by Gasteiger charge is -2.29. The monoisotopic (exact) mass is 335 g/mol. The Morgan fingerprint density at radius 1 is 1.12 bits per heavy atom. The second-order valence-electron chi connectivity index (χ2n) is 5.59. The van der Waals surface area contributed by atoms with Gasteiger partial charge >= 0.3 is 6.18 Å². The maximum Gasteiger partial charge on any atom is 0.416 e. The van der Waals surface area contributed by atoms with Crippen molar-refractivity contribution < 1.29 is 22.7 Å². The molecule has 1 heterocycles. The fourth-order valence-corrected chi connectivity index (χ4v) is 2.78. The molecule has 0 bridgehead atoms. The molecule has 3 nitrogen and oxygen atoms in total. The fraction of sp³-hybridized carbons (Fsp3) is 0.278. The van der Waals surface area contributed by atoms with E-state index in [0.29, 0.717) is 6.54 Å². The highest BCUT2D eigenvalue weighted by Gasteiger charge is 2.30. The zero-order valence-electron chi connectivity index (χ0n) is 12.8. The number of ether oxygens (including phenoxy) is 1. The summed E-state index contributed by atoms with van der Waals surface area (Å²) in [6.45, 7) is 0.289. The Hall–Kier alpha value is -2.50. The fourth-order valence-electron chi connectivity index (χ4n) is 2.78. The SMILES string of the molecule is O=C(COc1cccc(C(F)(F)F)c1)N1CCCc2ccccc21. The smallest absolute Gasteiger partial charge is 0.416 e. The van der Waals surface area contributed by atoms with Crippen LogP contribution in [-0.2, 0) is 17.4 Å². The molecule has 126 valence electrons. The number of alkyl halides is 3. The van der Waals surface area contributed by atoms with E-state index in [9.17, 15) is 18.0 Å². The summed E-state index contributed by atoms with van der Waals surface area (Å²) in [5.74, 6) is -0.233. The summed E-state index contributed by atoms with van der Waals surface area (Å²) in [6, 6.07) is 12.2. The third-order valence-electron chi connectivity index (χ3n) is 3.93. The van der Waals surface area contributed by atoms with Crippen LogP contribution in [0.4, 0.5) is 18.9 Å². The quantitative estimate of drug-likeness (QED) is 0.846. The average Bonchev–Trinajstić information content (AvgIpc) is 2.58. The first-order valence-electron chi connectivity index (χ1n) is 7.63. The Morgan fingerprint density at radius 3 is 2.71 bits per heavy atom. The van der Waals surface area contributed by atoms with E-state index in [1.807, 2.05) is 24.3 Å². The topological polar surface area (TPSA) is 29.5 Å². The van der Waals surface area contributed by atoms with Crippen molar-refractivity contribution in [2.45, 2.75) is 19.0 Å². The highest BCUT2D eigenvalue weighted by Crippen LogP contribution is 2.31. The molecule has 24 heavy (non-hydrogen) atoms. The van der Waals surface area contributed by atoms with Crippen LogP contribution in [0.1, 0.15) is 17.5 Å². The lowest BCUT2D eigenvalue weighted by Crippen LogP contribution is -2.38. The molecule has 0 aromatic heterocycles.